The first-order valence-electron chi connectivity index (χ1n) is 11.1. The molecule has 3 aromatic rings. The van der Waals surface area contributed by atoms with E-state index in [0.717, 1.165) is 51.3 Å². The van der Waals surface area contributed by atoms with Gasteiger partial charge in [0.05, 0.1) is 17.6 Å². The number of hydrogen-bond acceptors (Lipinski definition) is 3. The molecule has 2 aromatic carbocycles. The Morgan fingerprint density at radius 2 is 1.76 bits per heavy atom. The van der Waals surface area contributed by atoms with Gasteiger partial charge in [0.2, 0.25) is 0 Å². The summed E-state index contributed by atoms with van der Waals surface area (Å²) in [7, 11) is 0. The molecule has 1 aliphatic rings. The van der Waals surface area contributed by atoms with Crippen LogP contribution in [0.2, 0.25) is 0 Å². The van der Waals surface area contributed by atoms with Crippen molar-refractivity contribution in [1.82, 2.24) is 14.5 Å². The van der Waals surface area contributed by atoms with Crippen molar-refractivity contribution in [3.63, 3.8) is 0 Å². The van der Waals surface area contributed by atoms with Crippen LogP contribution in [0.25, 0.3) is 11.0 Å². The van der Waals surface area contributed by atoms with Crippen LogP contribution in [0, 0.1) is 6.92 Å². The maximum Gasteiger partial charge on any atom is 0.113 e. The third-order valence-corrected chi connectivity index (χ3v) is 6.26. The van der Waals surface area contributed by atoms with Crippen molar-refractivity contribution in [3.8, 4) is 0 Å². The van der Waals surface area contributed by atoms with Crippen LogP contribution < -0.4 is 0 Å². The first-order chi connectivity index (χ1) is 14.3. The summed E-state index contributed by atoms with van der Waals surface area (Å²) in [5, 5.41) is 0. The van der Waals surface area contributed by atoms with Crippen molar-refractivity contribution in [2.45, 2.75) is 45.6 Å². The van der Waals surface area contributed by atoms with Crippen LogP contribution in [0.4, 0.5) is 0 Å². The molecule has 1 fully saturated rings. The van der Waals surface area contributed by atoms with Gasteiger partial charge in [-0.1, -0.05) is 36.4 Å². The van der Waals surface area contributed by atoms with Gasteiger partial charge in [-0.3, -0.25) is 0 Å². The van der Waals surface area contributed by atoms with E-state index in [-0.39, 0.29) is 0 Å². The number of piperidine rings is 1. The lowest BCUT2D eigenvalue weighted by Crippen LogP contribution is -2.35. The van der Waals surface area contributed by atoms with Gasteiger partial charge < -0.3 is 14.2 Å². The quantitative estimate of drug-likeness (QED) is 0.517. The van der Waals surface area contributed by atoms with Crippen LogP contribution in [0.1, 0.15) is 42.6 Å². The molecule has 1 saturated heterocycles. The molecule has 0 atom stereocenters. The van der Waals surface area contributed by atoms with Crippen molar-refractivity contribution in [2.75, 3.05) is 32.8 Å². The lowest BCUT2D eigenvalue weighted by atomic mass is 9.95. The summed E-state index contributed by atoms with van der Waals surface area (Å²) in [6.07, 6.45) is 3.52. The SMILES string of the molecule is CCOCCn1c(C2CCN(CCc3ccccc3C)CC2)nc2ccccc21. The Morgan fingerprint density at radius 1 is 1.00 bits per heavy atom. The zero-order chi connectivity index (χ0) is 20.1. The zero-order valence-electron chi connectivity index (χ0n) is 17.8. The predicted molar refractivity (Wildman–Crippen MR) is 120 cm³/mol. The molecule has 4 heteroatoms. The van der Waals surface area contributed by atoms with Crippen LogP contribution in [0.3, 0.4) is 0 Å². The van der Waals surface area contributed by atoms with Gasteiger partial charge in [-0.15, -0.1) is 0 Å². The van der Waals surface area contributed by atoms with E-state index in [1.54, 1.807) is 0 Å². The van der Waals surface area contributed by atoms with Crippen molar-refractivity contribution < 1.29 is 4.74 Å². The molecular weight excluding hydrogens is 358 g/mol. The Hall–Kier alpha value is -2.17. The third-order valence-electron chi connectivity index (χ3n) is 6.26. The minimum Gasteiger partial charge on any atom is -0.380 e. The molecular formula is C25H33N3O. The molecule has 29 heavy (non-hydrogen) atoms. The summed E-state index contributed by atoms with van der Waals surface area (Å²) < 4.78 is 8.04. The summed E-state index contributed by atoms with van der Waals surface area (Å²) in [6, 6.07) is 17.3. The summed E-state index contributed by atoms with van der Waals surface area (Å²) in [6.45, 7) is 10.1. The second kappa shape index (κ2) is 9.55. The van der Waals surface area contributed by atoms with E-state index in [4.69, 9.17) is 9.72 Å². The Kier molecular flexibility index (Phi) is 6.63. The molecule has 0 N–H and O–H groups in total. The number of aryl methyl sites for hydroxylation is 1. The van der Waals surface area contributed by atoms with E-state index in [2.05, 4.69) is 71.8 Å². The molecule has 1 aromatic heterocycles. The smallest absolute Gasteiger partial charge is 0.113 e. The van der Waals surface area contributed by atoms with Gasteiger partial charge >= 0.3 is 0 Å². The number of fused-ring (bicyclic) bond motifs is 1. The topological polar surface area (TPSA) is 30.3 Å². The number of rotatable bonds is 8. The van der Waals surface area contributed by atoms with E-state index in [1.165, 1.54) is 35.3 Å². The maximum absolute atomic E-state index is 5.64. The second-order valence-corrected chi connectivity index (χ2v) is 8.10. The molecule has 0 saturated carbocycles. The highest BCUT2D eigenvalue weighted by Gasteiger charge is 2.25. The van der Waals surface area contributed by atoms with Gasteiger partial charge in [0.1, 0.15) is 5.82 Å². The van der Waals surface area contributed by atoms with E-state index >= 15 is 0 Å². The highest BCUT2D eigenvalue weighted by Crippen LogP contribution is 2.30. The fourth-order valence-electron chi connectivity index (χ4n) is 4.52. The number of nitrogens with zero attached hydrogens (tertiary/aromatic N) is 3. The number of benzene rings is 2. The predicted octanol–water partition coefficient (Wildman–Crippen LogP) is 4.80. The molecule has 0 aliphatic carbocycles. The van der Waals surface area contributed by atoms with Gasteiger partial charge in [0.15, 0.2) is 0 Å². The Bertz CT molecular complexity index is 925. The van der Waals surface area contributed by atoms with Crippen LogP contribution in [0.15, 0.2) is 48.5 Å². The van der Waals surface area contributed by atoms with Crippen LogP contribution in [-0.4, -0.2) is 47.3 Å². The fraction of sp³-hybridized carbons (Fsp3) is 0.480. The molecule has 1 aliphatic heterocycles. The zero-order valence-corrected chi connectivity index (χ0v) is 17.8. The molecule has 0 amide bonds. The number of hydrogen-bond donors (Lipinski definition) is 0. The second-order valence-electron chi connectivity index (χ2n) is 8.10. The average molecular weight is 392 g/mol. The van der Waals surface area contributed by atoms with E-state index in [0.29, 0.717) is 5.92 Å². The largest absolute Gasteiger partial charge is 0.380 e. The number of imidazole rings is 1. The van der Waals surface area contributed by atoms with E-state index in [1.807, 2.05) is 0 Å². The molecule has 0 radical (unpaired) electrons. The van der Waals surface area contributed by atoms with E-state index < -0.39 is 0 Å². The molecule has 0 bridgehead atoms. The van der Waals surface area contributed by atoms with Gasteiger partial charge in [0, 0.05) is 25.6 Å². The number of aromatic nitrogens is 2. The highest BCUT2D eigenvalue weighted by atomic mass is 16.5. The van der Waals surface area contributed by atoms with Gasteiger partial charge in [-0.25, -0.2) is 4.98 Å². The highest BCUT2D eigenvalue weighted by molar-refractivity contribution is 5.76. The van der Waals surface area contributed by atoms with Crippen molar-refractivity contribution in [1.29, 1.82) is 0 Å². The normalized spacial score (nSPS) is 15.9. The first-order valence-corrected chi connectivity index (χ1v) is 11.1. The molecule has 0 unspecified atom stereocenters. The molecule has 0 spiro atoms. The Labute approximate surface area is 174 Å². The summed E-state index contributed by atoms with van der Waals surface area (Å²) in [5.74, 6) is 1.79. The molecule has 4 nitrogen and oxygen atoms in total. The first kappa shape index (κ1) is 20.1. The van der Waals surface area contributed by atoms with E-state index in [9.17, 15) is 0 Å². The molecule has 4 rings (SSSR count). The van der Waals surface area contributed by atoms with Gasteiger partial charge in [-0.2, -0.15) is 0 Å². The van der Waals surface area contributed by atoms with Gasteiger partial charge in [-0.05, 0) is 69.5 Å². The van der Waals surface area contributed by atoms with Crippen LogP contribution in [-0.2, 0) is 17.7 Å². The summed E-state index contributed by atoms with van der Waals surface area (Å²) >= 11 is 0. The van der Waals surface area contributed by atoms with Crippen molar-refractivity contribution in [2.24, 2.45) is 0 Å². The number of likely N-dealkylation sites (tertiary alicyclic amines) is 1. The van der Waals surface area contributed by atoms with Crippen molar-refractivity contribution >= 4 is 11.0 Å². The lowest BCUT2D eigenvalue weighted by molar-refractivity contribution is 0.138. The Balaban J connectivity index is 1.41. The number of para-hydroxylation sites is 2. The maximum atomic E-state index is 5.64. The third kappa shape index (κ3) is 4.71. The van der Waals surface area contributed by atoms with Crippen LogP contribution in [0.5, 0.6) is 0 Å². The fourth-order valence-corrected chi connectivity index (χ4v) is 4.52. The van der Waals surface area contributed by atoms with Gasteiger partial charge in [0.25, 0.3) is 0 Å². The molecule has 2 heterocycles. The monoisotopic (exact) mass is 391 g/mol. The standard InChI is InChI=1S/C25H33N3O/c1-3-29-19-18-28-24-11-7-6-10-23(24)26-25(28)22-13-16-27(17-14-22)15-12-21-9-5-4-8-20(21)2/h4-11,22H,3,12-19H2,1-2H3. The minimum atomic E-state index is 0.540. The minimum absolute atomic E-state index is 0.540. The summed E-state index contributed by atoms with van der Waals surface area (Å²) in [5.41, 5.74) is 5.24. The summed E-state index contributed by atoms with van der Waals surface area (Å²) in [4.78, 5) is 7.66. The van der Waals surface area contributed by atoms with Crippen molar-refractivity contribution in [3.05, 3.63) is 65.5 Å². The molecule has 154 valence electrons. The van der Waals surface area contributed by atoms with Crippen LogP contribution >= 0.6 is 0 Å². The number of ether oxygens (including phenoxy) is 1. The Morgan fingerprint density at radius 3 is 2.55 bits per heavy atom. The lowest BCUT2D eigenvalue weighted by Gasteiger charge is -2.32. The average Bonchev–Trinajstić information content (AvgIpc) is 3.12.